The Labute approximate surface area is 120 Å². The number of ether oxygens (including phenoxy) is 1. The van der Waals surface area contributed by atoms with E-state index in [1.165, 1.54) is 12.1 Å². The van der Waals surface area contributed by atoms with E-state index in [1.54, 1.807) is 36.4 Å². The van der Waals surface area contributed by atoms with Crippen LogP contribution in [0.3, 0.4) is 0 Å². The molecule has 4 heteroatoms. The third kappa shape index (κ3) is 2.37. The van der Waals surface area contributed by atoms with E-state index >= 15 is 0 Å². The lowest BCUT2D eigenvalue weighted by molar-refractivity contribution is 0.446. The number of halogens is 1. The second-order valence-corrected chi connectivity index (χ2v) is 4.49. The molecular weight excluding hydrogens is 269 g/mol. The Kier molecular flexibility index (Phi) is 3.17. The molecule has 0 atom stereocenters. The summed E-state index contributed by atoms with van der Waals surface area (Å²) in [6.07, 6.45) is 0. The maximum atomic E-state index is 13.9. The fourth-order valence-corrected chi connectivity index (χ4v) is 2.13. The molecule has 0 saturated heterocycles. The summed E-state index contributed by atoms with van der Waals surface area (Å²) in [6.45, 7) is 0. The van der Waals surface area contributed by atoms with Gasteiger partial charge in [0.15, 0.2) is 11.6 Å². The van der Waals surface area contributed by atoms with E-state index in [-0.39, 0.29) is 17.1 Å². The number of rotatable bonds is 2. The molecule has 0 saturated carbocycles. The smallest absolute Gasteiger partial charge is 0.167 e. The maximum absolute atomic E-state index is 13.9. The third-order valence-electron chi connectivity index (χ3n) is 3.14. The molecule has 0 aromatic heterocycles. The van der Waals surface area contributed by atoms with Crippen molar-refractivity contribution < 1.29 is 14.2 Å². The molecule has 3 aromatic rings. The summed E-state index contributed by atoms with van der Waals surface area (Å²) >= 11 is 0. The molecule has 21 heavy (non-hydrogen) atoms. The molecule has 0 heterocycles. The second-order valence-electron chi connectivity index (χ2n) is 4.49. The molecule has 0 radical (unpaired) electrons. The lowest BCUT2D eigenvalue weighted by Crippen LogP contribution is -1.90. The molecule has 3 nitrogen and oxygen atoms in total. The van der Waals surface area contributed by atoms with Crippen molar-refractivity contribution in [2.75, 3.05) is 0 Å². The van der Waals surface area contributed by atoms with Gasteiger partial charge in [-0.1, -0.05) is 24.3 Å². The lowest BCUT2D eigenvalue weighted by Gasteiger charge is -2.10. The number of nitriles is 1. The summed E-state index contributed by atoms with van der Waals surface area (Å²) in [7, 11) is 0. The van der Waals surface area contributed by atoms with Gasteiger partial charge in [-0.15, -0.1) is 0 Å². The first-order chi connectivity index (χ1) is 10.2. The first kappa shape index (κ1) is 12.9. The first-order valence-electron chi connectivity index (χ1n) is 6.27. The zero-order chi connectivity index (χ0) is 14.8. The van der Waals surface area contributed by atoms with Crippen molar-refractivity contribution in [3.05, 3.63) is 66.0 Å². The summed E-state index contributed by atoms with van der Waals surface area (Å²) in [6, 6.07) is 16.1. The minimum atomic E-state index is -0.605. The van der Waals surface area contributed by atoms with Crippen LogP contribution in [0.4, 0.5) is 4.39 Å². The van der Waals surface area contributed by atoms with Gasteiger partial charge in [0, 0.05) is 10.8 Å². The number of hydrogen-bond acceptors (Lipinski definition) is 3. The SMILES string of the molecule is N#Cc1ccc(Oc2cccc3c(O)cccc23)c(F)c1. The van der Waals surface area contributed by atoms with Gasteiger partial charge in [-0.2, -0.15) is 5.26 Å². The number of aromatic hydroxyl groups is 1. The monoisotopic (exact) mass is 279 g/mol. The van der Waals surface area contributed by atoms with E-state index < -0.39 is 5.82 Å². The largest absolute Gasteiger partial charge is 0.507 e. The van der Waals surface area contributed by atoms with Crippen molar-refractivity contribution in [2.45, 2.75) is 0 Å². The van der Waals surface area contributed by atoms with Crippen molar-refractivity contribution in [1.29, 1.82) is 5.26 Å². The van der Waals surface area contributed by atoms with Crippen molar-refractivity contribution in [3.8, 4) is 23.3 Å². The molecule has 0 bridgehead atoms. The number of phenols is 1. The van der Waals surface area contributed by atoms with Crippen LogP contribution in [-0.4, -0.2) is 5.11 Å². The van der Waals surface area contributed by atoms with Crippen LogP contribution >= 0.6 is 0 Å². The van der Waals surface area contributed by atoms with Crippen LogP contribution in [0.15, 0.2) is 54.6 Å². The highest BCUT2D eigenvalue weighted by Gasteiger charge is 2.09. The van der Waals surface area contributed by atoms with Crippen LogP contribution in [0, 0.1) is 17.1 Å². The number of benzene rings is 3. The zero-order valence-corrected chi connectivity index (χ0v) is 10.9. The zero-order valence-electron chi connectivity index (χ0n) is 10.9. The second kappa shape index (κ2) is 5.14. The van der Waals surface area contributed by atoms with Crippen molar-refractivity contribution in [1.82, 2.24) is 0 Å². The van der Waals surface area contributed by atoms with Gasteiger partial charge in [0.05, 0.1) is 11.6 Å². The van der Waals surface area contributed by atoms with Crippen molar-refractivity contribution >= 4 is 10.8 Å². The van der Waals surface area contributed by atoms with E-state index in [2.05, 4.69) is 0 Å². The number of hydrogen-bond donors (Lipinski definition) is 1. The Morgan fingerprint density at radius 2 is 1.71 bits per heavy atom. The molecule has 0 aliphatic rings. The molecule has 0 spiro atoms. The number of phenolic OH excluding ortho intramolecular Hbond substituents is 1. The van der Waals surface area contributed by atoms with Gasteiger partial charge in [-0.05, 0) is 30.3 Å². The van der Waals surface area contributed by atoms with E-state index in [0.717, 1.165) is 6.07 Å². The topological polar surface area (TPSA) is 53.2 Å². The van der Waals surface area contributed by atoms with Gasteiger partial charge in [0.25, 0.3) is 0 Å². The van der Waals surface area contributed by atoms with Crippen LogP contribution in [0.1, 0.15) is 5.56 Å². The Balaban J connectivity index is 2.07. The number of fused-ring (bicyclic) bond motifs is 1. The summed E-state index contributed by atoms with van der Waals surface area (Å²) in [5.74, 6) is 0.00121. The molecule has 3 rings (SSSR count). The molecule has 0 amide bonds. The average Bonchev–Trinajstić information content (AvgIpc) is 2.50. The van der Waals surface area contributed by atoms with Crippen LogP contribution < -0.4 is 4.74 Å². The minimum Gasteiger partial charge on any atom is -0.507 e. The van der Waals surface area contributed by atoms with E-state index in [0.29, 0.717) is 16.5 Å². The van der Waals surface area contributed by atoms with Gasteiger partial charge in [0.2, 0.25) is 0 Å². The Hall–Kier alpha value is -3.06. The van der Waals surface area contributed by atoms with Crippen molar-refractivity contribution in [3.63, 3.8) is 0 Å². The summed E-state index contributed by atoms with van der Waals surface area (Å²) < 4.78 is 19.5. The van der Waals surface area contributed by atoms with Crippen LogP contribution in [0.2, 0.25) is 0 Å². The Morgan fingerprint density at radius 1 is 0.952 bits per heavy atom. The van der Waals surface area contributed by atoms with Crippen LogP contribution in [0.25, 0.3) is 10.8 Å². The summed E-state index contributed by atoms with van der Waals surface area (Å²) in [5.41, 5.74) is 0.232. The lowest BCUT2D eigenvalue weighted by atomic mass is 10.1. The van der Waals surface area contributed by atoms with E-state index in [1.807, 2.05) is 6.07 Å². The molecule has 0 aliphatic carbocycles. The van der Waals surface area contributed by atoms with Gasteiger partial charge in [0.1, 0.15) is 11.5 Å². The van der Waals surface area contributed by atoms with E-state index in [9.17, 15) is 9.50 Å². The molecule has 0 aliphatic heterocycles. The van der Waals surface area contributed by atoms with Gasteiger partial charge < -0.3 is 9.84 Å². The average molecular weight is 279 g/mol. The molecule has 0 fully saturated rings. The minimum absolute atomic E-state index is 0.0323. The predicted molar refractivity (Wildman–Crippen MR) is 76.8 cm³/mol. The third-order valence-corrected chi connectivity index (χ3v) is 3.14. The van der Waals surface area contributed by atoms with Gasteiger partial charge >= 0.3 is 0 Å². The predicted octanol–water partition coefficient (Wildman–Crippen LogP) is 4.35. The van der Waals surface area contributed by atoms with Crippen molar-refractivity contribution in [2.24, 2.45) is 0 Å². The standard InChI is InChI=1S/C17H10FNO2/c18-14-9-11(10-19)7-8-17(14)21-16-6-2-3-12-13(16)4-1-5-15(12)20/h1-9,20H. The maximum Gasteiger partial charge on any atom is 0.167 e. The van der Waals surface area contributed by atoms with Crippen LogP contribution in [0.5, 0.6) is 17.2 Å². The highest BCUT2D eigenvalue weighted by atomic mass is 19.1. The molecule has 3 aromatic carbocycles. The first-order valence-corrected chi connectivity index (χ1v) is 6.27. The number of nitrogens with zero attached hydrogens (tertiary/aromatic N) is 1. The fraction of sp³-hybridized carbons (Fsp3) is 0. The van der Waals surface area contributed by atoms with Gasteiger partial charge in [-0.3, -0.25) is 0 Å². The Morgan fingerprint density at radius 3 is 2.48 bits per heavy atom. The molecule has 0 unspecified atom stereocenters. The fourth-order valence-electron chi connectivity index (χ4n) is 2.13. The Bertz CT molecular complexity index is 868. The summed E-state index contributed by atoms with van der Waals surface area (Å²) in [5, 5.41) is 19.9. The quantitative estimate of drug-likeness (QED) is 0.758. The highest BCUT2D eigenvalue weighted by Crippen LogP contribution is 2.34. The molecule has 102 valence electrons. The molecule has 1 N–H and O–H groups in total. The van der Waals surface area contributed by atoms with E-state index in [4.69, 9.17) is 10.00 Å². The highest BCUT2D eigenvalue weighted by molar-refractivity contribution is 5.93. The van der Waals surface area contributed by atoms with Crippen LogP contribution in [-0.2, 0) is 0 Å². The van der Waals surface area contributed by atoms with Gasteiger partial charge in [-0.25, -0.2) is 4.39 Å². The molecular formula is C17H10FNO2. The summed E-state index contributed by atoms with van der Waals surface area (Å²) in [4.78, 5) is 0. The normalized spacial score (nSPS) is 10.3.